The lowest BCUT2D eigenvalue weighted by Gasteiger charge is -2.35. The third-order valence-corrected chi connectivity index (χ3v) is 6.74. The quantitative estimate of drug-likeness (QED) is 0.699. The lowest BCUT2D eigenvalue weighted by molar-refractivity contribution is -0.117. The predicted molar refractivity (Wildman–Crippen MR) is 116 cm³/mol. The number of benzene rings is 2. The van der Waals surface area contributed by atoms with Crippen LogP contribution in [0.4, 0.5) is 15.8 Å². The Morgan fingerprint density at radius 1 is 1.07 bits per heavy atom. The Morgan fingerprint density at radius 3 is 2.30 bits per heavy atom. The highest BCUT2D eigenvalue weighted by Gasteiger charge is 2.24. The van der Waals surface area contributed by atoms with E-state index >= 15 is 0 Å². The van der Waals surface area contributed by atoms with E-state index in [4.69, 9.17) is 0 Å². The maximum Gasteiger partial charge on any atom is 0.244 e. The van der Waals surface area contributed by atoms with Crippen LogP contribution in [0.25, 0.3) is 0 Å². The van der Waals surface area contributed by atoms with Crippen molar-refractivity contribution in [2.45, 2.75) is 24.8 Å². The number of amides is 1. The zero-order chi connectivity index (χ0) is 21.7. The molecule has 0 bridgehead atoms. The molecule has 1 saturated heterocycles. The van der Waals surface area contributed by atoms with Crippen molar-refractivity contribution in [3.05, 3.63) is 54.3 Å². The van der Waals surface area contributed by atoms with Gasteiger partial charge in [-0.1, -0.05) is 19.1 Å². The summed E-state index contributed by atoms with van der Waals surface area (Å²) in [6.07, 6.45) is 0. The largest absolute Gasteiger partial charge is 0.369 e. The van der Waals surface area contributed by atoms with Gasteiger partial charge in [-0.15, -0.1) is 0 Å². The minimum Gasteiger partial charge on any atom is -0.369 e. The average molecular weight is 435 g/mol. The second kappa shape index (κ2) is 9.55. The summed E-state index contributed by atoms with van der Waals surface area (Å²) in [5, 5.41) is 2.69. The summed E-state index contributed by atoms with van der Waals surface area (Å²) in [4.78, 5) is 16.6. The second-order valence-electron chi connectivity index (χ2n) is 7.23. The zero-order valence-corrected chi connectivity index (χ0v) is 18.0. The van der Waals surface area contributed by atoms with Crippen LogP contribution in [0.2, 0.25) is 0 Å². The van der Waals surface area contributed by atoms with E-state index in [-0.39, 0.29) is 0 Å². The van der Waals surface area contributed by atoms with Crippen molar-refractivity contribution < 1.29 is 17.6 Å². The number of hydrogen-bond donors (Lipinski definition) is 2. The van der Waals surface area contributed by atoms with Crippen LogP contribution in [0.15, 0.2) is 53.4 Å². The van der Waals surface area contributed by atoms with E-state index in [0.717, 1.165) is 50.5 Å². The number of nitrogens with zero attached hydrogens (tertiary/aromatic N) is 2. The molecule has 0 radical (unpaired) electrons. The zero-order valence-electron chi connectivity index (χ0n) is 17.1. The normalized spacial score (nSPS) is 16.3. The number of piperazine rings is 1. The Balaban J connectivity index is 1.58. The number of nitrogens with one attached hydrogen (secondary N) is 2. The van der Waals surface area contributed by atoms with E-state index in [9.17, 15) is 17.6 Å². The van der Waals surface area contributed by atoms with Crippen molar-refractivity contribution in [3.8, 4) is 0 Å². The van der Waals surface area contributed by atoms with Gasteiger partial charge in [0, 0.05) is 37.6 Å². The number of hydrogen-bond acceptors (Lipinski definition) is 5. The summed E-state index contributed by atoms with van der Waals surface area (Å²) in [7, 11) is -4.15. The highest BCUT2D eigenvalue weighted by Crippen LogP contribution is 2.20. The Bertz CT molecular complexity index is 974. The minimum atomic E-state index is -4.15. The number of carbonyl (C=O) groups excluding carboxylic acids is 1. The number of sulfonamides is 1. The fourth-order valence-corrected chi connectivity index (χ4v) is 4.62. The van der Waals surface area contributed by atoms with Crippen LogP contribution < -0.4 is 14.9 Å². The van der Waals surface area contributed by atoms with Crippen molar-refractivity contribution in [1.29, 1.82) is 0 Å². The maximum atomic E-state index is 13.8. The molecule has 9 heteroatoms. The molecule has 0 saturated carbocycles. The van der Waals surface area contributed by atoms with E-state index in [1.807, 2.05) is 12.1 Å². The van der Waals surface area contributed by atoms with E-state index in [1.165, 1.54) is 19.1 Å². The minimum absolute atomic E-state index is 0.489. The SMILES string of the molecule is CCN1CCN(c2ccc(NC(=O)[C@@H](C)NS(=O)(=O)c3ccccc3F)cc2)CC1. The summed E-state index contributed by atoms with van der Waals surface area (Å²) < 4.78 is 40.7. The van der Waals surface area contributed by atoms with Crippen molar-refractivity contribution in [2.24, 2.45) is 0 Å². The van der Waals surface area contributed by atoms with Crippen molar-refractivity contribution in [3.63, 3.8) is 0 Å². The summed E-state index contributed by atoms with van der Waals surface area (Å²) in [5.74, 6) is -1.40. The van der Waals surface area contributed by atoms with E-state index in [1.54, 1.807) is 12.1 Å². The van der Waals surface area contributed by atoms with E-state index in [0.29, 0.717) is 5.69 Å². The Kier molecular flexibility index (Phi) is 7.06. The van der Waals surface area contributed by atoms with Crippen LogP contribution in [-0.2, 0) is 14.8 Å². The summed E-state index contributed by atoms with van der Waals surface area (Å²) in [6.45, 7) is 8.57. The van der Waals surface area contributed by atoms with E-state index < -0.39 is 32.7 Å². The number of anilines is 2. The van der Waals surface area contributed by atoms with Crippen LogP contribution in [0.1, 0.15) is 13.8 Å². The molecule has 30 heavy (non-hydrogen) atoms. The first-order chi connectivity index (χ1) is 14.3. The maximum absolute atomic E-state index is 13.8. The third kappa shape index (κ3) is 5.35. The molecule has 1 fully saturated rings. The molecule has 3 rings (SSSR count). The first-order valence-electron chi connectivity index (χ1n) is 9.95. The topological polar surface area (TPSA) is 81.8 Å². The third-order valence-electron chi connectivity index (χ3n) is 5.17. The molecule has 162 valence electrons. The lowest BCUT2D eigenvalue weighted by Crippen LogP contribution is -2.46. The van der Waals surface area contributed by atoms with Crippen molar-refractivity contribution in [1.82, 2.24) is 9.62 Å². The van der Waals surface area contributed by atoms with Crippen LogP contribution >= 0.6 is 0 Å². The van der Waals surface area contributed by atoms with Gasteiger partial charge in [0.2, 0.25) is 15.9 Å². The fraction of sp³-hybridized carbons (Fsp3) is 0.381. The lowest BCUT2D eigenvalue weighted by atomic mass is 10.2. The Labute approximate surface area is 176 Å². The molecule has 1 aliphatic rings. The van der Waals surface area contributed by atoms with Gasteiger partial charge in [-0.2, -0.15) is 4.72 Å². The van der Waals surface area contributed by atoms with Gasteiger partial charge in [-0.05, 0) is 49.9 Å². The molecular formula is C21H27FN4O3S. The standard InChI is InChI=1S/C21H27FN4O3S/c1-3-25-12-14-26(15-13-25)18-10-8-17(9-11-18)23-21(27)16(2)24-30(28,29)20-7-5-4-6-19(20)22/h4-11,16,24H,3,12-15H2,1-2H3,(H,23,27)/t16-/m1/s1. The van der Waals surface area contributed by atoms with Gasteiger partial charge in [-0.25, -0.2) is 12.8 Å². The second-order valence-corrected chi connectivity index (χ2v) is 8.91. The van der Waals surface area contributed by atoms with Gasteiger partial charge in [-0.3, -0.25) is 4.79 Å². The molecule has 1 atom stereocenters. The van der Waals surface area contributed by atoms with E-state index in [2.05, 4.69) is 26.8 Å². The van der Waals surface area contributed by atoms with Gasteiger partial charge in [0.1, 0.15) is 10.7 Å². The van der Waals surface area contributed by atoms with Gasteiger partial charge >= 0.3 is 0 Å². The molecule has 1 aliphatic heterocycles. The molecule has 7 nitrogen and oxygen atoms in total. The van der Waals surface area contributed by atoms with Crippen LogP contribution in [0, 0.1) is 5.82 Å². The first-order valence-corrected chi connectivity index (χ1v) is 11.4. The number of carbonyl (C=O) groups is 1. The molecular weight excluding hydrogens is 407 g/mol. The number of rotatable bonds is 7. The first kappa shape index (κ1) is 22.2. The van der Waals surface area contributed by atoms with Crippen LogP contribution in [0.5, 0.6) is 0 Å². The van der Waals surface area contributed by atoms with Gasteiger partial charge in [0.15, 0.2) is 0 Å². The summed E-state index contributed by atoms with van der Waals surface area (Å²) in [5.41, 5.74) is 1.64. The number of halogens is 1. The van der Waals surface area contributed by atoms with Crippen LogP contribution in [-0.4, -0.2) is 58.0 Å². The fourth-order valence-electron chi connectivity index (χ4n) is 3.34. The van der Waals surface area contributed by atoms with Crippen LogP contribution in [0.3, 0.4) is 0 Å². The molecule has 0 spiro atoms. The predicted octanol–water partition coefficient (Wildman–Crippen LogP) is 2.27. The molecule has 1 heterocycles. The average Bonchev–Trinajstić information content (AvgIpc) is 2.74. The Hall–Kier alpha value is -2.49. The van der Waals surface area contributed by atoms with Gasteiger partial charge < -0.3 is 15.1 Å². The summed E-state index contributed by atoms with van der Waals surface area (Å²) >= 11 is 0. The summed E-state index contributed by atoms with van der Waals surface area (Å²) in [6, 6.07) is 11.4. The highest BCUT2D eigenvalue weighted by molar-refractivity contribution is 7.89. The number of likely N-dealkylation sites (N-methyl/N-ethyl adjacent to an activating group) is 1. The molecule has 2 aromatic carbocycles. The van der Waals surface area contributed by atoms with Gasteiger partial charge in [0.25, 0.3) is 0 Å². The molecule has 2 N–H and O–H groups in total. The Morgan fingerprint density at radius 2 is 1.70 bits per heavy atom. The molecule has 0 unspecified atom stereocenters. The molecule has 1 amide bonds. The van der Waals surface area contributed by atoms with Gasteiger partial charge in [0.05, 0.1) is 6.04 Å². The van der Waals surface area contributed by atoms with Crippen molar-refractivity contribution in [2.75, 3.05) is 42.9 Å². The smallest absolute Gasteiger partial charge is 0.244 e. The molecule has 2 aromatic rings. The monoisotopic (exact) mass is 434 g/mol. The molecule has 0 aliphatic carbocycles. The van der Waals surface area contributed by atoms with Crippen molar-refractivity contribution >= 4 is 27.3 Å². The molecule has 0 aromatic heterocycles. The highest BCUT2D eigenvalue weighted by atomic mass is 32.2.